The van der Waals surface area contributed by atoms with E-state index in [1.165, 1.54) is 42.4 Å². The summed E-state index contributed by atoms with van der Waals surface area (Å²) in [5.41, 5.74) is 0.513. The molecule has 0 unspecified atom stereocenters. The highest BCUT2D eigenvalue weighted by atomic mass is 32.2. The predicted molar refractivity (Wildman–Crippen MR) is 121 cm³/mol. The van der Waals surface area contributed by atoms with Crippen LogP contribution in [0, 0.1) is 23.2 Å². The largest absolute Gasteiger partial charge is 0.497 e. The van der Waals surface area contributed by atoms with Gasteiger partial charge in [0.1, 0.15) is 5.75 Å². The van der Waals surface area contributed by atoms with Crippen molar-refractivity contribution in [3.63, 3.8) is 0 Å². The number of methoxy groups -OCH3 is 1. The number of benzene rings is 1. The van der Waals surface area contributed by atoms with Crippen molar-refractivity contribution in [1.82, 2.24) is 10.2 Å². The summed E-state index contributed by atoms with van der Waals surface area (Å²) < 4.78 is 5.79. The lowest BCUT2D eigenvalue weighted by atomic mass is 9.49. The van der Waals surface area contributed by atoms with E-state index in [4.69, 9.17) is 4.74 Å². The Morgan fingerprint density at radius 2 is 1.71 bits per heavy atom. The average molecular weight is 459 g/mol. The molecule has 0 saturated heterocycles. The number of carbonyl (C=O) groups is 2. The molecule has 164 valence electrons. The molecule has 2 N–H and O–H groups in total. The van der Waals surface area contributed by atoms with E-state index in [0.29, 0.717) is 15.2 Å². The van der Waals surface area contributed by atoms with Gasteiger partial charge in [0.2, 0.25) is 16.9 Å². The van der Waals surface area contributed by atoms with Gasteiger partial charge in [0, 0.05) is 5.69 Å². The standard InChI is InChI=1S/C22H26N4O3S2/c1-29-17-4-2-16(3-5-17)23-18(27)12-30-21-26-25-20(31-21)24-19(28)22-9-13-6-14(10-22)8-15(7-13)11-22/h2-5,13-15H,6-12H2,1H3,(H,23,27)(H,24,25,28). The van der Waals surface area contributed by atoms with Crippen molar-refractivity contribution >= 4 is 45.7 Å². The number of nitrogens with zero attached hydrogens (tertiary/aromatic N) is 2. The Bertz CT molecular complexity index is 940. The summed E-state index contributed by atoms with van der Waals surface area (Å²) in [7, 11) is 1.60. The molecule has 1 aromatic heterocycles. The highest BCUT2D eigenvalue weighted by molar-refractivity contribution is 8.01. The monoisotopic (exact) mass is 458 g/mol. The number of ether oxygens (including phenoxy) is 1. The molecular formula is C22H26N4O3S2. The Hall–Kier alpha value is -2.13. The fourth-order valence-electron chi connectivity index (χ4n) is 5.94. The van der Waals surface area contributed by atoms with Gasteiger partial charge in [-0.05, 0) is 80.5 Å². The Kier molecular flexibility index (Phi) is 5.64. The molecule has 0 atom stereocenters. The molecule has 4 fully saturated rings. The van der Waals surface area contributed by atoms with Crippen molar-refractivity contribution < 1.29 is 14.3 Å². The summed E-state index contributed by atoms with van der Waals surface area (Å²) in [6.07, 6.45) is 7.00. The number of aromatic nitrogens is 2. The van der Waals surface area contributed by atoms with Crippen LogP contribution >= 0.6 is 23.1 Å². The molecule has 9 heteroatoms. The molecular weight excluding hydrogens is 432 g/mol. The summed E-state index contributed by atoms with van der Waals surface area (Å²) in [5.74, 6) is 3.14. The van der Waals surface area contributed by atoms with Crippen LogP contribution in [0.15, 0.2) is 28.6 Å². The van der Waals surface area contributed by atoms with E-state index in [2.05, 4.69) is 20.8 Å². The van der Waals surface area contributed by atoms with E-state index in [1.54, 1.807) is 31.4 Å². The molecule has 31 heavy (non-hydrogen) atoms. The molecule has 4 aliphatic rings. The third kappa shape index (κ3) is 4.43. The maximum atomic E-state index is 13.1. The number of anilines is 2. The minimum atomic E-state index is -0.202. The molecule has 0 aliphatic heterocycles. The molecule has 2 aromatic rings. The van der Waals surface area contributed by atoms with Gasteiger partial charge in [-0.3, -0.25) is 9.59 Å². The first-order valence-electron chi connectivity index (χ1n) is 10.7. The van der Waals surface area contributed by atoms with E-state index in [0.717, 1.165) is 42.8 Å². The molecule has 6 rings (SSSR count). The number of hydrogen-bond donors (Lipinski definition) is 2. The van der Waals surface area contributed by atoms with Gasteiger partial charge in [0.05, 0.1) is 18.3 Å². The van der Waals surface area contributed by atoms with Gasteiger partial charge in [0.15, 0.2) is 4.34 Å². The third-order valence-electron chi connectivity index (χ3n) is 6.85. The number of rotatable bonds is 7. The number of thioether (sulfide) groups is 1. The number of carbonyl (C=O) groups excluding carboxylic acids is 2. The summed E-state index contributed by atoms with van der Waals surface area (Å²) in [4.78, 5) is 25.3. The maximum Gasteiger partial charge on any atom is 0.234 e. The Balaban J connectivity index is 1.13. The van der Waals surface area contributed by atoms with Crippen molar-refractivity contribution in [1.29, 1.82) is 0 Å². The predicted octanol–water partition coefficient (Wildman–Crippen LogP) is 4.43. The molecule has 4 aliphatic carbocycles. The SMILES string of the molecule is COc1ccc(NC(=O)CSc2nnc(NC(=O)C34CC5CC(CC(C5)C3)C4)s2)cc1. The molecule has 0 radical (unpaired) electrons. The zero-order valence-electron chi connectivity index (χ0n) is 17.4. The zero-order valence-corrected chi connectivity index (χ0v) is 19.1. The number of nitrogens with one attached hydrogen (secondary N) is 2. The second kappa shape index (κ2) is 8.43. The molecule has 4 saturated carbocycles. The molecule has 0 spiro atoms. The minimum absolute atomic E-state index is 0.121. The van der Waals surface area contributed by atoms with Gasteiger partial charge in [0.25, 0.3) is 0 Å². The van der Waals surface area contributed by atoms with Crippen LogP contribution in [0.4, 0.5) is 10.8 Å². The fraction of sp³-hybridized carbons (Fsp3) is 0.545. The fourth-order valence-corrected chi connectivity index (χ4v) is 7.48. The third-order valence-corrected chi connectivity index (χ3v) is 8.82. The highest BCUT2D eigenvalue weighted by Gasteiger charge is 2.54. The van der Waals surface area contributed by atoms with E-state index >= 15 is 0 Å². The lowest BCUT2D eigenvalue weighted by Gasteiger charge is -2.55. The summed E-state index contributed by atoms with van der Waals surface area (Å²) in [6.45, 7) is 0. The van der Waals surface area contributed by atoms with Crippen molar-refractivity contribution in [2.75, 3.05) is 23.5 Å². The zero-order chi connectivity index (χ0) is 21.4. The first-order chi connectivity index (χ1) is 15.0. The van der Waals surface area contributed by atoms with E-state index in [-0.39, 0.29) is 23.0 Å². The summed E-state index contributed by atoms with van der Waals surface area (Å²) in [6, 6.07) is 7.19. The van der Waals surface area contributed by atoms with Gasteiger partial charge < -0.3 is 15.4 Å². The topological polar surface area (TPSA) is 93.2 Å². The first-order valence-corrected chi connectivity index (χ1v) is 12.5. The van der Waals surface area contributed by atoms with Gasteiger partial charge in [-0.1, -0.05) is 23.1 Å². The lowest BCUT2D eigenvalue weighted by Crippen LogP contribution is -2.51. The number of amides is 2. The quantitative estimate of drug-likeness (QED) is 0.471. The minimum Gasteiger partial charge on any atom is -0.497 e. The van der Waals surface area contributed by atoms with Crippen molar-refractivity contribution in [3.8, 4) is 5.75 Å². The second-order valence-electron chi connectivity index (χ2n) is 9.09. The van der Waals surface area contributed by atoms with Crippen molar-refractivity contribution in [2.24, 2.45) is 23.2 Å². The van der Waals surface area contributed by atoms with Crippen LogP contribution in [0.25, 0.3) is 0 Å². The Labute approximate surface area is 189 Å². The van der Waals surface area contributed by atoms with Crippen molar-refractivity contribution in [2.45, 2.75) is 42.9 Å². The first kappa shape index (κ1) is 20.8. The van der Waals surface area contributed by atoms with Crippen LogP contribution in [0.5, 0.6) is 5.75 Å². The van der Waals surface area contributed by atoms with Crippen LogP contribution < -0.4 is 15.4 Å². The van der Waals surface area contributed by atoms with Gasteiger partial charge in [-0.2, -0.15) is 0 Å². The average Bonchev–Trinajstić information content (AvgIpc) is 3.19. The second-order valence-corrected chi connectivity index (χ2v) is 11.3. The van der Waals surface area contributed by atoms with Gasteiger partial charge in [-0.15, -0.1) is 10.2 Å². The van der Waals surface area contributed by atoms with Gasteiger partial charge in [-0.25, -0.2) is 0 Å². The van der Waals surface area contributed by atoms with Crippen LogP contribution in [0.1, 0.15) is 38.5 Å². The van der Waals surface area contributed by atoms with Crippen molar-refractivity contribution in [3.05, 3.63) is 24.3 Å². The molecule has 2 amide bonds. The summed E-state index contributed by atoms with van der Waals surface area (Å²) in [5, 5.41) is 14.7. The van der Waals surface area contributed by atoms with E-state index in [9.17, 15) is 9.59 Å². The molecule has 4 bridgehead atoms. The lowest BCUT2D eigenvalue weighted by molar-refractivity contribution is -0.140. The maximum absolute atomic E-state index is 13.1. The van der Waals surface area contributed by atoms with Crippen LogP contribution in [-0.4, -0.2) is 34.9 Å². The van der Waals surface area contributed by atoms with E-state index < -0.39 is 0 Å². The Morgan fingerprint density at radius 1 is 1.06 bits per heavy atom. The Morgan fingerprint density at radius 3 is 2.32 bits per heavy atom. The highest BCUT2D eigenvalue weighted by Crippen LogP contribution is 2.60. The summed E-state index contributed by atoms with van der Waals surface area (Å²) >= 11 is 2.65. The number of hydrogen-bond acceptors (Lipinski definition) is 7. The smallest absolute Gasteiger partial charge is 0.234 e. The molecule has 1 heterocycles. The molecule has 7 nitrogen and oxygen atoms in total. The normalized spacial score (nSPS) is 28.4. The van der Waals surface area contributed by atoms with Crippen LogP contribution in [0.3, 0.4) is 0 Å². The van der Waals surface area contributed by atoms with Crippen LogP contribution in [0.2, 0.25) is 0 Å². The molecule has 1 aromatic carbocycles. The van der Waals surface area contributed by atoms with Crippen LogP contribution in [-0.2, 0) is 9.59 Å². The van der Waals surface area contributed by atoms with E-state index in [1.807, 2.05) is 0 Å². The van der Waals surface area contributed by atoms with Gasteiger partial charge >= 0.3 is 0 Å².